The number of carbonyl (C=O) groups is 1. The fraction of sp³-hybridized carbons (Fsp3) is 0.320. The first-order chi connectivity index (χ1) is 16.1. The Morgan fingerprint density at radius 3 is 2.76 bits per heavy atom. The summed E-state index contributed by atoms with van der Waals surface area (Å²) in [6.45, 7) is 3.15. The lowest BCUT2D eigenvalue weighted by atomic mass is 10.0. The lowest BCUT2D eigenvalue weighted by Gasteiger charge is -2.29. The molecule has 5 rings (SSSR count). The molecule has 0 radical (unpaired) electrons. The van der Waals surface area contributed by atoms with Crippen LogP contribution in [0, 0.1) is 0 Å². The number of aromatic nitrogens is 2. The van der Waals surface area contributed by atoms with E-state index in [1.807, 2.05) is 48.7 Å². The average Bonchev–Trinajstić information content (AvgIpc) is 3.55. The molecule has 3 atom stereocenters. The molecule has 33 heavy (non-hydrogen) atoms. The molecule has 2 fully saturated rings. The van der Waals surface area contributed by atoms with Crippen molar-refractivity contribution in [2.75, 3.05) is 16.8 Å². The first kappa shape index (κ1) is 21.6. The van der Waals surface area contributed by atoms with Crippen LogP contribution < -0.4 is 15.5 Å². The Hall–Kier alpha value is -3.23. The van der Waals surface area contributed by atoms with E-state index in [1.54, 1.807) is 0 Å². The van der Waals surface area contributed by atoms with Crippen LogP contribution in [0.1, 0.15) is 43.2 Å². The highest BCUT2D eigenvalue weighted by atomic mass is 32.1. The smallest absolute Gasteiger partial charge is 0.221 e. The zero-order valence-electron chi connectivity index (χ0n) is 18.5. The normalized spacial score (nSPS) is 22.4. The summed E-state index contributed by atoms with van der Waals surface area (Å²) >= 11 is 5.82. The van der Waals surface area contributed by atoms with E-state index in [0.717, 1.165) is 48.8 Å². The van der Waals surface area contributed by atoms with Crippen LogP contribution in [-0.4, -0.2) is 33.3 Å². The summed E-state index contributed by atoms with van der Waals surface area (Å²) in [6, 6.07) is 17.8. The molecule has 0 aliphatic carbocycles. The number of nitrogens with zero attached hydrogens (tertiary/aromatic N) is 3. The van der Waals surface area contributed by atoms with Crippen molar-refractivity contribution in [2.24, 2.45) is 0 Å². The highest BCUT2D eigenvalue weighted by Crippen LogP contribution is 2.42. The molecule has 2 aliphatic heterocycles. The summed E-state index contributed by atoms with van der Waals surface area (Å²) in [5.41, 5.74) is 3.80. The number of thiocarbonyl (C=S) groups is 1. The van der Waals surface area contributed by atoms with E-state index in [9.17, 15) is 4.79 Å². The molecule has 7 nitrogen and oxygen atoms in total. The number of carbonyl (C=O) groups excluding carboxylic acids is 1. The van der Waals surface area contributed by atoms with Crippen LogP contribution in [0.4, 0.5) is 11.4 Å². The fourth-order valence-electron chi connectivity index (χ4n) is 4.71. The van der Waals surface area contributed by atoms with Crippen LogP contribution in [0.5, 0.6) is 0 Å². The van der Waals surface area contributed by atoms with Crippen LogP contribution in [0.3, 0.4) is 0 Å². The van der Waals surface area contributed by atoms with E-state index in [-0.39, 0.29) is 24.1 Å². The zero-order chi connectivity index (χ0) is 22.8. The van der Waals surface area contributed by atoms with Gasteiger partial charge < -0.3 is 24.8 Å². The van der Waals surface area contributed by atoms with E-state index in [2.05, 4.69) is 43.4 Å². The van der Waals surface area contributed by atoms with Gasteiger partial charge in [-0.1, -0.05) is 6.07 Å². The van der Waals surface area contributed by atoms with Crippen molar-refractivity contribution in [3.63, 3.8) is 0 Å². The van der Waals surface area contributed by atoms with Gasteiger partial charge in [0.15, 0.2) is 5.11 Å². The quantitative estimate of drug-likeness (QED) is 0.536. The minimum absolute atomic E-state index is 0.0876. The minimum atomic E-state index is -0.105. The first-order valence-electron chi connectivity index (χ1n) is 11.2. The largest absolute Gasteiger partial charge is 0.376 e. The number of hydrogen-bond acceptors (Lipinski definition) is 4. The van der Waals surface area contributed by atoms with Crippen LogP contribution in [0.2, 0.25) is 0 Å². The minimum Gasteiger partial charge on any atom is -0.376 e. The van der Waals surface area contributed by atoms with Gasteiger partial charge in [0.25, 0.3) is 0 Å². The van der Waals surface area contributed by atoms with Gasteiger partial charge in [-0.2, -0.15) is 0 Å². The Morgan fingerprint density at radius 2 is 2.06 bits per heavy atom. The van der Waals surface area contributed by atoms with Crippen molar-refractivity contribution < 1.29 is 9.53 Å². The molecular formula is C25H27N5O2S. The van der Waals surface area contributed by atoms with Crippen LogP contribution in [0.25, 0.3) is 0 Å². The number of hydrogen-bond donors (Lipinski definition) is 2. The molecule has 1 aromatic carbocycles. The summed E-state index contributed by atoms with van der Waals surface area (Å²) < 4.78 is 8.19. The number of anilines is 2. The third-order valence-corrected chi connectivity index (χ3v) is 6.47. The molecule has 4 heterocycles. The molecule has 1 amide bonds. The van der Waals surface area contributed by atoms with E-state index in [0.29, 0.717) is 5.11 Å². The highest BCUT2D eigenvalue weighted by Gasteiger charge is 2.42. The molecule has 2 N–H and O–H groups in total. The van der Waals surface area contributed by atoms with Gasteiger partial charge in [-0.3, -0.25) is 9.78 Å². The Balaban J connectivity index is 1.53. The summed E-state index contributed by atoms with van der Waals surface area (Å²) in [4.78, 5) is 18.2. The fourth-order valence-corrected chi connectivity index (χ4v) is 5.06. The molecular weight excluding hydrogens is 434 g/mol. The predicted octanol–water partition coefficient (Wildman–Crippen LogP) is 4.20. The molecule has 170 valence electrons. The maximum Gasteiger partial charge on any atom is 0.221 e. The third-order valence-electron chi connectivity index (χ3n) is 6.16. The SMILES string of the molecule is CC(=O)Nc1ccc(N2C(=S)NC(c3ccccn3)C2c2cccn2CC2CCCO2)cc1. The molecule has 3 aromatic rings. The number of amides is 1. The van der Waals surface area contributed by atoms with Crippen molar-refractivity contribution in [3.8, 4) is 0 Å². The van der Waals surface area contributed by atoms with Crippen molar-refractivity contribution >= 4 is 34.6 Å². The average molecular weight is 462 g/mol. The second-order valence-electron chi connectivity index (χ2n) is 8.45. The molecule has 2 aliphatic rings. The molecule has 3 unspecified atom stereocenters. The van der Waals surface area contributed by atoms with Gasteiger partial charge in [-0.25, -0.2) is 0 Å². The number of pyridine rings is 1. The number of rotatable bonds is 6. The van der Waals surface area contributed by atoms with Crippen molar-refractivity contribution in [1.82, 2.24) is 14.9 Å². The van der Waals surface area contributed by atoms with Crippen molar-refractivity contribution in [1.29, 1.82) is 0 Å². The van der Waals surface area contributed by atoms with Gasteiger partial charge in [0.05, 0.1) is 17.8 Å². The lowest BCUT2D eigenvalue weighted by Crippen LogP contribution is -2.31. The van der Waals surface area contributed by atoms with Crippen molar-refractivity contribution in [2.45, 2.75) is 44.5 Å². The Bertz CT molecular complexity index is 1130. The Morgan fingerprint density at radius 1 is 1.21 bits per heavy atom. The number of benzene rings is 1. The summed E-state index contributed by atoms with van der Waals surface area (Å²) in [7, 11) is 0. The van der Waals surface area contributed by atoms with Gasteiger partial charge in [0.1, 0.15) is 6.04 Å². The maximum atomic E-state index is 11.4. The van der Waals surface area contributed by atoms with Gasteiger partial charge in [-0.05, 0) is 73.6 Å². The summed E-state index contributed by atoms with van der Waals surface area (Å²) in [6.07, 6.45) is 6.35. The zero-order valence-corrected chi connectivity index (χ0v) is 19.3. The van der Waals surface area contributed by atoms with E-state index in [1.165, 1.54) is 6.92 Å². The molecule has 8 heteroatoms. The van der Waals surface area contributed by atoms with E-state index >= 15 is 0 Å². The predicted molar refractivity (Wildman–Crippen MR) is 132 cm³/mol. The second kappa shape index (κ2) is 9.33. The molecule has 0 bridgehead atoms. The first-order valence-corrected chi connectivity index (χ1v) is 11.7. The van der Waals surface area contributed by atoms with Crippen LogP contribution in [0.15, 0.2) is 67.0 Å². The van der Waals surface area contributed by atoms with Gasteiger partial charge in [0.2, 0.25) is 5.91 Å². The number of ether oxygens (including phenoxy) is 1. The maximum absolute atomic E-state index is 11.4. The van der Waals surface area contributed by atoms with Crippen molar-refractivity contribution in [3.05, 3.63) is 78.4 Å². The summed E-state index contributed by atoms with van der Waals surface area (Å²) in [5.74, 6) is -0.0961. The van der Waals surface area contributed by atoms with Gasteiger partial charge >= 0.3 is 0 Å². The second-order valence-corrected chi connectivity index (χ2v) is 8.83. The number of nitrogens with one attached hydrogen (secondary N) is 2. The summed E-state index contributed by atoms with van der Waals surface area (Å²) in [5, 5.41) is 6.97. The van der Waals surface area contributed by atoms with Gasteiger partial charge in [-0.15, -0.1) is 0 Å². The van der Waals surface area contributed by atoms with Crippen LogP contribution >= 0.6 is 12.2 Å². The van der Waals surface area contributed by atoms with Crippen LogP contribution in [-0.2, 0) is 16.1 Å². The molecule has 2 saturated heterocycles. The molecule has 0 saturated carbocycles. The van der Waals surface area contributed by atoms with E-state index < -0.39 is 0 Å². The molecule has 0 spiro atoms. The lowest BCUT2D eigenvalue weighted by molar-refractivity contribution is -0.114. The topological polar surface area (TPSA) is 71.4 Å². The molecule has 2 aromatic heterocycles. The Kier molecular flexibility index (Phi) is 6.11. The monoisotopic (exact) mass is 461 g/mol. The third kappa shape index (κ3) is 4.49. The Labute approximate surface area is 198 Å². The van der Waals surface area contributed by atoms with E-state index in [4.69, 9.17) is 17.0 Å². The highest BCUT2D eigenvalue weighted by molar-refractivity contribution is 7.80. The standard InChI is InChI=1S/C25H27N5O2S/c1-17(31)27-18-9-11-19(12-10-18)30-24(23(28-25(30)33)21-7-2-3-13-26-21)22-8-4-14-29(22)16-20-6-5-15-32-20/h2-4,7-14,20,23-24H,5-6,15-16H2,1H3,(H,27,31)(H,28,33). The van der Waals surface area contributed by atoms with Gasteiger partial charge in [0, 0.05) is 49.5 Å².